The average Bonchev–Trinajstić information content (AvgIpc) is 2.95. The van der Waals surface area contributed by atoms with E-state index in [9.17, 15) is 4.79 Å². The van der Waals surface area contributed by atoms with E-state index < -0.39 is 0 Å². The Morgan fingerprint density at radius 3 is 2.85 bits per heavy atom. The first kappa shape index (κ1) is 12.2. The molecule has 20 heavy (non-hydrogen) atoms. The second kappa shape index (κ2) is 3.51. The molecule has 1 saturated heterocycles. The molecule has 0 aromatic rings. The number of epoxide rings is 1. The first-order valence-corrected chi connectivity index (χ1v) is 8.81. The van der Waals surface area contributed by atoms with Crippen LogP contribution in [-0.2, 0) is 9.53 Å². The fourth-order valence-corrected chi connectivity index (χ4v) is 7.13. The zero-order valence-electron chi connectivity index (χ0n) is 12.6. The average molecular weight is 274 g/mol. The van der Waals surface area contributed by atoms with Crippen LogP contribution in [0.1, 0.15) is 71.1 Å². The molecule has 5 fully saturated rings. The van der Waals surface area contributed by atoms with E-state index in [0.717, 1.165) is 37.0 Å². The molecule has 0 amide bonds. The minimum absolute atomic E-state index is 0.00977. The van der Waals surface area contributed by atoms with Crippen LogP contribution < -0.4 is 0 Å². The summed E-state index contributed by atoms with van der Waals surface area (Å²) >= 11 is 0. The van der Waals surface area contributed by atoms with E-state index in [2.05, 4.69) is 6.92 Å². The first-order valence-electron chi connectivity index (χ1n) is 8.81. The van der Waals surface area contributed by atoms with Crippen molar-refractivity contribution in [2.75, 3.05) is 0 Å². The van der Waals surface area contributed by atoms with Crippen molar-refractivity contribution in [3.05, 3.63) is 0 Å². The molecule has 5 rings (SSSR count). The summed E-state index contributed by atoms with van der Waals surface area (Å²) in [6, 6.07) is 0. The minimum Gasteiger partial charge on any atom is -0.362 e. The number of hydrogen-bond donors (Lipinski definition) is 0. The van der Waals surface area contributed by atoms with Gasteiger partial charge in [-0.05, 0) is 68.1 Å². The second-order valence-electron chi connectivity index (χ2n) is 8.70. The molecule has 0 spiro atoms. The van der Waals surface area contributed by atoms with Crippen molar-refractivity contribution in [3.63, 3.8) is 0 Å². The third-order valence-corrected chi connectivity index (χ3v) is 8.06. The van der Waals surface area contributed by atoms with Gasteiger partial charge in [-0.15, -0.1) is 0 Å². The molecule has 4 unspecified atom stereocenters. The third kappa shape index (κ3) is 1.24. The number of ketones is 1. The largest absolute Gasteiger partial charge is 0.362 e. The zero-order chi connectivity index (χ0) is 13.6. The van der Waals surface area contributed by atoms with Crippen LogP contribution in [0.25, 0.3) is 0 Å². The fourth-order valence-electron chi connectivity index (χ4n) is 7.13. The molecule has 6 atom stereocenters. The molecule has 2 nitrogen and oxygen atoms in total. The molecule has 0 N–H and O–H groups in total. The molecular weight excluding hydrogens is 248 g/mol. The smallest absolute Gasteiger partial charge is 0.136 e. The van der Waals surface area contributed by atoms with E-state index in [1.54, 1.807) is 0 Å². The van der Waals surface area contributed by atoms with Gasteiger partial charge in [0.05, 0.1) is 0 Å². The Bertz CT molecular complexity index is 486. The van der Waals surface area contributed by atoms with Crippen LogP contribution in [0.5, 0.6) is 0 Å². The Balaban J connectivity index is 1.50. The van der Waals surface area contributed by atoms with Gasteiger partial charge in [-0.1, -0.05) is 13.3 Å². The number of hydrogen-bond acceptors (Lipinski definition) is 2. The van der Waals surface area contributed by atoms with Crippen molar-refractivity contribution in [1.29, 1.82) is 0 Å². The Morgan fingerprint density at radius 2 is 1.95 bits per heavy atom. The molecule has 0 aromatic heterocycles. The van der Waals surface area contributed by atoms with Gasteiger partial charge in [0.1, 0.15) is 17.0 Å². The maximum atomic E-state index is 11.9. The van der Waals surface area contributed by atoms with E-state index in [1.807, 2.05) is 0 Å². The van der Waals surface area contributed by atoms with Crippen molar-refractivity contribution >= 4 is 5.78 Å². The fraction of sp³-hybridized carbons (Fsp3) is 0.944. The first-order chi connectivity index (χ1) is 9.59. The molecule has 1 aliphatic heterocycles. The third-order valence-electron chi connectivity index (χ3n) is 8.06. The minimum atomic E-state index is 0.00977. The number of fused-ring (bicyclic) bond motifs is 3. The maximum absolute atomic E-state index is 11.9. The number of carbonyl (C=O) groups excluding carboxylic acids is 1. The Hall–Kier alpha value is -0.370. The summed E-state index contributed by atoms with van der Waals surface area (Å²) in [6.07, 6.45) is 12.2. The Labute approximate surface area is 121 Å². The lowest BCUT2D eigenvalue weighted by atomic mass is 9.51. The van der Waals surface area contributed by atoms with Gasteiger partial charge < -0.3 is 4.74 Å². The van der Waals surface area contributed by atoms with Gasteiger partial charge in [-0.2, -0.15) is 0 Å². The van der Waals surface area contributed by atoms with E-state index in [4.69, 9.17) is 4.74 Å². The molecule has 5 aliphatic rings. The van der Waals surface area contributed by atoms with Crippen LogP contribution in [0.15, 0.2) is 0 Å². The summed E-state index contributed by atoms with van der Waals surface area (Å²) in [7, 11) is 0. The molecule has 2 heteroatoms. The second-order valence-corrected chi connectivity index (χ2v) is 8.70. The van der Waals surface area contributed by atoms with Gasteiger partial charge >= 0.3 is 0 Å². The van der Waals surface area contributed by atoms with Crippen LogP contribution in [-0.4, -0.2) is 17.0 Å². The molecule has 0 bridgehead atoms. The summed E-state index contributed by atoms with van der Waals surface area (Å²) in [5.74, 6) is 3.09. The SMILES string of the molecule is CC12CCCC1C1CC[C@]34CC(=O)CC[C@]3(O4)C1CC2. The number of Topliss-reactive ketones (excluding diaryl/α,β-unsaturated/α-hetero) is 1. The highest BCUT2D eigenvalue weighted by Crippen LogP contribution is 2.72. The summed E-state index contributed by atoms with van der Waals surface area (Å²) in [5, 5.41) is 0. The van der Waals surface area contributed by atoms with Crippen molar-refractivity contribution in [2.24, 2.45) is 23.2 Å². The maximum Gasteiger partial charge on any atom is 0.136 e. The Kier molecular flexibility index (Phi) is 2.14. The standard InChI is InChI=1S/C18H26O2/c1-16-7-2-3-14(16)13-5-9-17-11-12(19)4-10-18(17,20-17)15(13)6-8-16/h13-15H,2-11H2,1H3/t13?,14?,15?,16?,17-,18-/m0/s1. The topological polar surface area (TPSA) is 29.6 Å². The number of carbonyl (C=O) groups is 1. The highest BCUT2D eigenvalue weighted by molar-refractivity contribution is 5.82. The van der Waals surface area contributed by atoms with Gasteiger partial charge in [-0.25, -0.2) is 0 Å². The number of ether oxygens (including phenoxy) is 1. The van der Waals surface area contributed by atoms with Gasteiger partial charge in [0.2, 0.25) is 0 Å². The molecule has 0 aromatic carbocycles. The van der Waals surface area contributed by atoms with Crippen LogP contribution >= 0.6 is 0 Å². The van der Waals surface area contributed by atoms with Gasteiger partial charge in [-0.3, -0.25) is 4.79 Å². The van der Waals surface area contributed by atoms with Crippen LogP contribution in [0.4, 0.5) is 0 Å². The highest BCUT2D eigenvalue weighted by Gasteiger charge is 2.78. The normalized spacial score (nSPS) is 60.2. The van der Waals surface area contributed by atoms with E-state index in [0.29, 0.717) is 11.2 Å². The Morgan fingerprint density at radius 1 is 1.05 bits per heavy atom. The van der Waals surface area contributed by atoms with E-state index >= 15 is 0 Å². The summed E-state index contributed by atoms with van der Waals surface area (Å²) in [6.45, 7) is 2.55. The quantitative estimate of drug-likeness (QED) is 0.627. The lowest BCUT2D eigenvalue weighted by Crippen LogP contribution is -2.52. The lowest BCUT2D eigenvalue weighted by molar-refractivity contribution is -0.122. The van der Waals surface area contributed by atoms with Gasteiger partial charge in [0.25, 0.3) is 0 Å². The summed E-state index contributed by atoms with van der Waals surface area (Å²) in [5.41, 5.74) is 0.792. The van der Waals surface area contributed by atoms with Crippen molar-refractivity contribution in [1.82, 2.24) is 0 Å². The summed E-state index contributed by atoms with van der Waals surface area (Å²) in [4.78, 5) is 11.9. The predicted molar refractivity (Wildman–Crippen MR) is 76.3 cm³/mol. The molecule has 110 valence electrons. The van der Waals surface area contributed by atoms with Crippen LogP contribution in [0.3, 0.4) is 0 Å². The number of rotatable bonds is 0. The summed E-state index contributed by atoms with van der Waals surface area (Å²) < 4.78 is 6.41. The molecule has 1 heterocycles. The van der Waals surface area contributed by atoms with Gasteiger partial charge in [0, 0.05) is 12.8 Å². The monoisotopic (exact) mass is 274 g/mol. The van der Waals surface area contributed by atoms with Crippen molar-refractivity contribution < 1.29 is 9.53 Å². The van der Waals surface area contributed by atoms with E-state index in [-0.39, 0.29) is 11.2 Å². The molecule has 4 aliphatic carbocycles. The van der Waals surface area contributed by atoms with Crippen molar-refractivity contribution in [2.45, 2.75) is 82.3 Å². The van der Waals surface area contributed by atoms with Crippen LogP contribution in [0.2, 0.25) is 0 Å². The predicted octanol–water partition coefficient (Wildman–Crippen LogP) is 3.87. The van der Waals surface area contributed by atoms with E-state index in [1.165, 1.54) is 44.9 Å². The van der Waals surface area contributed by atoms with Gasteiger partial charge in [0.15, 0.2) is 0 Å². The lowest BCUT2D eigenvalue weighted by Gasteiger charge is -2.52. The molecular formula is C18H26O2. The molecule has 4 saturated carbocycles. The van der Waals surface area contributed by atoms with Crippen LogP contribution in [0, 0.1) is 23.2 Å². The van der Waals surface area contributed by atoms with Crippen molar-refractivity contribution in [3.8, 4) is 0 Å². The molecule has 0 radical (unpaired) electrons. The zero-order valence-corrected chi connectivity index (χ0v) is 12.6. The highest BCUT2D eigenvalue weighted by atomic mass is 16.6.